The van der Waals surface area contributed by atoms with Crippen LogP contribution in [0.5, 0.6) is 0 Å². The molecule has 0 amide bonds. The Bertz CT molecular complexity index is 2800. The van der Waals surface area contributed by atoms with Gasteiger partial charge in [0.15, 0.2) is 23.3 Å². The van der Waals surface area contributed by atoms with Gasteiger partial charge in [-0.15, -0.1) is 0 Å². The average molecular weight is 853 g/mol. The van der Waals surface area contributed by atoms with E-state index in [0.717, 1.165) is 21.9 Å². The molecule has 0 saturated carbocycles. The van der Waals surface area contributed by atoms with Crippen molar-refractivity contribution in [3.8, 4) is 45.6 Å². The molecule has 0 saturated heterocycles. The third kappa shape index (κ3) is 5.18. The van der Waals surface area contributed by atoms with Crippen molar-refractivity contribution in [3.63, 3.8) is 0 Å². The van der Waals surface area contributed by atoms with Crippen LogP contribution >= 0.6 is 103 Å². The number of H-pyrrole nitrogens is 2. The summed E-state index contributed by atoms with van der Waals surface area (Å²) >= 11 is 55.3. The van der Waals surface area contributed by atoms with Crippen LogP contribution in [0.15, 0.2) is 48.5 Å². The molecule has 18 heteroatoms. The fourth-order valence-electron chi connectivity index (χ4n) is 5.91. The van der Waals surface area contributed by atoms with Crippen LogP contribution in [0.25, 0.3) is 89.7 Å². The number of aromatic nitrogens is 8. The van der Waals surface area contributed by atoms with E-state index in [9.17, 15) is 0 Å². The molecule has 0 spiro atoms. The summed E-state index contributed by atoms with van der Waals surface area (Å²) < 4.78 is 0. The van der Waals surface area contributed by atoms with Crippen molar-refractivity contribution < 1.29 is 0 Å². The average Bonchev–Trinajstić information content (AvgIpc) is 3.87. The first-order valence-corrected chi connectivity index (χ1v) is 18.8. The third-order valence-electron chi connectivity index (χ3n) is 8.07. The zero-order chi connectivity index (χ0) is 35.2. The Morgan fingerprint density at radius 3 is 1.20 bits per heavy atom. The van der Waals surface area contributed by atoms with E-state index in [4.69, 9.17) is 123 Å². The number of fused-ring (bicyclic) bond motifs is 20. The first kappa shape index (κ1) is 34.5. The molecule has 8 nitrogen and oxygen atoms in total. The van der Waals surface area contributed by atoms with Gasteiger partial charge < -0.3 is 9.97 Å². The van der Waals surface area contributed by atoms with Crippen LogP contribution in [-0.4, -0.2) is 55.2 Å². The molecule has 0 radical (unpaired) electrons. The summed E-state index contributed by atoms with van der Waals surface area (Å²) in [7, 11) is 4.56. The summed E-state index contributed by atoms with van der Waals surface area (Å²) in [6.45, 7) is 0. The number of benzene rings is 4. The fourth-order valence-corrected chi connectivity index (χ4v) is 7.97. The molecular weight excluding hydrogens is 842 g/mol. The van der Waals surface area contributed by atoms with Crippen molar-refractivity contribution in [1.29, 1.82) is 0 Å². The molecule has 4 aromatic carbocycles. The van der Waals surface area contributed by atoms with Crippen LogP contribution in [0.4, 0.5) is 0 Å². The quantitative estimate of drug-likeness (QED) is 0.0893. The van der Waals surface area contributed by atoms with Crippen LogP contribution in [0, 0.1) is 0 Å². The van der Waals surface area contributed by atoms with E-state index < -0.39 is 0 Å². The van der Waals surface area contributed by atoms with Gasteiger partial charge in [0.1, 0.15) is 22.6 Å². The number of halogens is 9. The molecule has 8 bridgehead atoms. The summed E-state index contributed by atoms with van der Waals surface area (Å²) in [5.74, 6) is 1.07. The minimum absolute atomic E-state index is 0.0243. The number of nitrogens with zero attached hydrogens (tertiary/aromatic N) is 6. The van der Waals surface area contributed by atoms with Crippen LogP contribution in [0.3, 0.4) is 0 Å². The second kappa shape index (κ2) is 13.1. The zero-order valence-electron chi connectivity index (χ0n) is 24.3. The van der Waals surface area contributed by atoms with Crippen LogP contribution in [0.1, 0.15) is 0 Å². The Kier molecular flexibility index (Phi) is 9.03. The Balaban J connectivity index is 0.00000177. The van der Waals surface area contributed by atoms with Gasteiger partial charge in [-0.25, -0.2) is 29.9 Å². The van der Waals surface area contributed by atoms with E-state index in [0.29, 0.717) is 44.8 Å². The van der Waals surface area contributed by atoms with Gasteiger partial charge >= 0.3 is 25.4 Å². The summed E-state index contributed by atoms with van der Waals surface area (Å²) in [5, 5.41) is 2.75. The van der Waals surface area contributed by atoms with E-state index in [2.05, 4.69) is 20.0 Å². The van der Waals surface area contributed by atoms with Gasteiger partial charge in [0, 0.05) is 21.9 Å². The Hall–Kier alpha value is -2.62. The molecule has 0 unspecified atom stereocenters. The molecular formula is C32H10AlCl9N8+2. The molecule has 242 valence electrons. The van der Waals surface area contributed by atoms with Crippen molar-refractivity contribution in [2.75, 3.05) is 0 Å². The first-order chi connectivity index (χ1) is 24.1. The maximum atomic E-state index is 6.82. The summed E-state index contributed by atoms with van der Waals surface area (Å²) in [4.78, 5) is 35.8. The second-order valence-corrected chi connectivity index (χ2v) is 13.7. The number of hydrogen-bond acceptors (Lipinski definition) is 6. The third-order valence-corrected chi connectivity index (χ3v) is 11.7. The monoisotopic (exact) mass is 848 g/mol. The molecule has 2 aliphatic heterocycles. The van der Waals surface area contributed by atoms with Crippen LogP contribution in [-0.2, 0) is 0 Å². The van der Waals surface area contributed by atoms with Gasteiger partial charge in [-0.3, -0.25) is 0 Å². The van der Waals surface area contributed by atoms with E-state index >= 15 is 0 Å². The van der Waals surface area contributed by atoms with Crippen LogP contribution < -0.4 is 0 Å². The standard InChI is InChI=1S/C32H10Cl8N8.Al.ClH/c33-17-13-15(19(35)23(39)21(17)37)31-46-29(13)44-27-11-7-3-1-5-9(11)25(42-27)41-26-10-6-2-4-8-12(10)28(43-26)45-30-14-16(32(47-30)48-31)20(36)24(40)22(38)18(14)34;;/h1-8H,(H2,41,42,43,44,45,46,47,48);;1H/q;+3;/p-1. The summed E-state index contributed by atoms with van der Waals surface area (Å²) in [6, 6.07) is 15.3. The Labute approximate surface area is 333 Å². The normalized spacial score (nSPS) is 11.8. The molecule has 2 aliphatic rings. The summed E-state index contributed by atoms with van der Waals surface area (Å²) in [6.07, 6.45) is 0. The predicted molar refractivity (Wildman–Crippen MR) is 208 cm³/mol. The van der Waals surface area contributed by atoms with E-state index in [1.807, 2.05) is 63.9 Å². The molecule has 0 atom stereocenters. The number of hydrogen-bond donors (Lipinski definition) is 2. The molecule has 0 fully saturated rings. The Morgan fingerprint density at radius 1 is 0.380 bits per heavy atom. The summed E-state index contributed by atoms with van der Waals surface area (Å²) in [5.41, 5.74) is 3.56. The molecule has 50 heavy (non-hydrogen) atoms. The van der Waals surface area contributed by atoms with E-state index in [-0.39, 0.29) is 63.1 Å². The molecule has 3 aromatic heterocycles. The van der Waals surface area contributed by atoms with Crippen molar-refractivity contribution in [2.24, 2.45) is 0 Å². The minimum atomic E-state index is 0.0243. The van der Waals surface area contributed by atoms with E-state index in [1.165, 1.54) is 0 Å². The molecule has 9 rings (SSSR count). The van der Waals surface area contributed by atoms with Crippen molar-refractivity contribution >= 4 is 162 Å². The van der Waals surface area contributed by atoms with Gasteiger partial charge in [-0.2, -0.15) is 0 Å². The number of aromatic amines is 2. The van der Waals surface area contributed by atoms with Crippen molar-refractivity contribution in [3.05, 3.63) is 88.7 Å². The number of rotatable bonds is 0. The fraction of sp³-hybridized carbons (Fsp3) is 0. The first-order valence-electron chi connectivity index (χ1n) is 14.1. The molecule has 2 N–H and O–H groups in total. The van der Waals surface area contributed by atoms with Crippen molar-refractivity contribution in [2.45, 2.75) is 0 Å². The van der Waals surface area contributed by atoms with Crippen LogP contribution in [0.2, 0.25) is 40.2 Å². The zero-order valence-corrected chi connectivity index (χ0v) is 32.2. The van der Waals surface area contributed by atoms with Gasteiger partial charge in [-0.1, -0.05) is 141 Å². The predicted octanol–water partition coefficient (Wildman–Crippen LogP) is 12.4. The molecule has 0 aliphatic carbocycles. The topological polar surface area (TPSA) is 109 Å². The number of nitrogens with one attached hydrogen (secondary N) is 2. The molecule has 5 heterocycles. The Morgan fingerprint density at radius 2 is 0.720 bits per heavy atom. The molecule has 7 aromatic rings. The van der Waals surface area contributed by atoms with Gasteiger partial charge in [0.2, 0.25) is 0 Å². The second-order valence-electron chi connectivity index (χ2n) is 10.7. The maximum absolute atomic E-state index is 6.82. The van der Waals surface area contributed by atoms with Gasteiger partial charge in [0.05, 0.1) is 62.1 Å². The van der Waals surface area contributed by atoms with Crippen molar-refractivity contribution in [1.82, 2.24) is 39.9 Å². The van der Waals surface area contributed by atoms with E-state index in [1.54, 1.807) is 0 Å². The van der Waals surface area contributed by atoms with Gasteiger partial charge in [0.25, 0.3) is 0 Å². The van der Waals surface area contributed by atoms with Gasteiger partial charge in [-0.05, 0) is 0 Å². The SMILES string of the molecule is Clc1c(Cl)c(Cl)c2c(c1Cl)-c1nc-2nc2[nH]c(nc3nc(nc4[nH]c(n1)c1ccccc41)-c1ccccc1-3)c1c(Cl)c(Cl)c(Cl)c(Cl)c21.[Al+2][Cl].